The molecule has 0 unspecified atom stereocenters. The van der Waals surface area contributed by atoms with Crippen molar-refractivity contribution in [2.75, 3.05) is 12.4 Å². The summed E-state index contributed by atoms with van der Waals surface area (Å²) < 4.78 is 1.59. The first kappa shape index (κ1) is 24.1. The lowest BCUT2D eigenvalue weighted by atomic mass is 9.84. The van der Waals surface area contributed by atoms with Crippen LogP contribution in [0.15, 0.2) is 30.7 Å². The molecule has 2 amide bonds. The molecule has 3 heterocycles. The number of pyridine rings is 2. The highest BCUT2D eigenvalue weighted by Gasteiger charge is 2.25. The molecule has 1 aliphatic carbocycles. The monoisotopic (exact) mass is 474 g/mol. The van der Waals surface area contributed by atoms with Gasteiger partial charge in [0, 0.05) is 49.4 Å². The summed E-state index contributed by atoms with van der Waals surface area (Å²) in [6.07, 6.45) is 8.77. The Morgan fingerprint density at radius 2 is 1.91 bits per heavy atom. The maximum absolute atomic E-state index is 13.2. The molecular formula is C25H30N8O2. The first-order chi connectivity index (χ1) is 16.9. The van der Waals surface area contributed by atoms with Gasteiger partial charge in [-0.25, -0.2) is 9.97 Å². The van der Waals surface area contributed by atoms with E-state index in [-0.39, 0.29) is 23.9 Å². The number of rotatable bonds is 7. The highest BCUT2D eigenvalue weighted by molar-refractivity contribution is 5.99. The maximum atomic E-state index is 13.2. The summed E-state index contributed by atoms with van der Waals surface area (Å²) >= 11 is 0. The number of aromatic nitrogens is 4. The van der Waals surface area contributed by atoms with Gasteiger partial charge < -0.3 is 16.0 Å². The van der Waals surface area contributed by atoms with E-state index in [1.54, 1.807) is 36.3 Å². The van der Waals surface area contributed by atoms with Crippen LogP contribution in [0.3, 0.4) is 0 Å². The third-order valence-electron chi connectivity index (χ3n) is 6.27. The Labute approximate surface area is 204 Å². The Kier molecular flexibility index (Phi) is 7.25. The highest BCUT2D eigenvalue weighted by atomic mass is 16.2. The summed E-state index contributed by atoms with van der Waals surface area (Å²) in [5, 5.41) is 23.4. The van der Waals surface area contributed by atoms with Crippen molar-refractivity contribution in [3.8, 4) is 11.9 Å². The third kappa shape index (κ3) is 5.57. The third-order valence-corrected chi connectivity index (χ3v) is 6.27. The van der Waals surface area contributed by atoms with Gasteiger partial charge in [0.2, 0.25) is 5.91 Å². The number of nitrogens with zero attached hydrogens (tertiary/aromatic N) is 5. The van der Waals surface area contributed by atoms with E-state index in [0.29, 0.717) is 40.6 Å². The second-order valence-electron chi connectivity index (χ2n) is 9.26. The van der Waals surface area contributed by atoms with Crippen LogP contribution in [-0.2, 0) is 4.79 Å². The van der Waals surface area contributed by atoms with E-state index >= 15 is 0 Å². The number of nitriles is 1. The van der Waals surface area contributed by atoms with Crippen LogP contribution in [0.25, 0.3) is 16.9 Å². The molecule has 0 aliphatic heterocycles. The van der Waals surface area contributed by atoms with Gasteiger partial charge in [0.05, 0.1) is 23.0 Å². The molecule has 182 valence electrons. The summed E-state index contributed by atoms with van der Waals surface area (Å²) in [6.45, 7) is 4.01. The van der Waals surface area contributed by atoms with Gasteiger partial charge in [0.1, 0.15) is 6.07 Å². The molecule has 10 heteroatoms. The standard InChI is InChI=1S/C25H30N8O2/c1-15(2)31-21-10-22(33-24-18(13-30-33)8-17(11-26)12-29-24)28-14-20(21)25(35)32-19-6-4-16(5-7-19)9-23(34)27-3/h8,10,12-16,19H,4-7,9H2,1-3H3,(H,27,34)(H,28,31)(H,32,35). The second kappa shape index (κ2) is 10.5. The van der Waals surface area contributed by atoms with Gasteiger partial charge in [0.25, 0.3) is 5.91 Å². The van der Waals surface area contributed by atoms with Crippen molar-refractivity contribution in [3.63, 3.8) is 0 Å². The molecule has 4 rings (SSSR count). The number of nitrogens with one attached hydrogen (secondary N) is 3. The number of anilines is 1. The van der Waals surface area contributed by atoms with Crippen molar-refractivity contribution < 1.29 is 9.59 Å². The quantitative estimate of drug-likeness (QED) is 0.479. The minimum Gasteiger partial charge on any atom is -0.382 e. The van der Waals surface area contributed by atoms with E-state index in [9.17, 15) is 9.59 Å². The van der Waals surface area contributed by atoms with E-state index in [4.69, 9.17) is 5.26 Å². The van der Waals surface area contributed by atoms with Crippen LogP contribution in [0.2, 0.25) is 0 Å². The maximum Gasteiger partial charge on any atom is 0.255 e. The summed E-state index contributed by atoms with van der Waals surface area (Å²) in [7, 11) is 1.66. The van der Waals surface area contributed by atoms with E-state index in [0.717, 1.165) is 31.1 Å². The smallest absolute Gasteiger partial charge is 0.255 e. The van der Waals surface area contributed by atoms with E-state index < -0.39 is 0 Å². The zero-order valence-electron chi connectivity index (χ0n) is 20.2. The van der Waals surface area contributed by atoms with Crippen LogP contribution in [0.4, 0.5) is 5.69 Å². The van der Waals surface area contributed by atoms with Crippen LogP contribution in [-0.4, -0.2) is 50.7 Å². The lowest BCUT2D eigenvalue weighted by Gasteiger charge is -2.29. The fourth-order valence-electron chi connectivity index (χ4n) is 4.46. The average molecular weight is 475 g/mol. The molecule has 0 atom stereocenters. The van der Waals surface area contributed by atoms with Crippen LogP contribution >= 0.6 is 0 Å². The number of carbonyl (C=O) groups is 2. The highest BCUT2D eigenvalue weighted by Crippen LogP contribution is 2.28. The van der Waals surface area contributed by atoms with Gasteiger partial charge in [-0.15, -0.1) is 0 Å². The second-order valence-corrected chi connectivity index (χ2v) is 9.26. The number of amides is 2. The van der Waals surface area contributed by atoms with Gasteiger partial charge in [-0.3, -0.25) is 9.59 Å². The average Bonchev–Trinajstić information content (AvgIpc) is 3.27. The Bertz CT molecular complexity index is 1270. The van der Waals surface area contributed by atoms with Gasteiger partial charge in [-0.05, 0) is 51.5 Å². The van der Waals surface area contributed by atoms with Crippen LogP contribution in [0.1, 0.15) is 61.9 Å². The van der Waals surface area contributed by atoms with Crippen molar-refractivity contribution in [2.45, 2.75) is 58.0 Å². The molecule has 1 fully saturated rings. The zero-order valence-corrected chi connectivity index (χ0v) is 20.2. The predicted octanol–water partition coefficient (Wildman–Crippen LogP) is 2.93. The number of carbonyl (C=O) groups excluding carboxylic acids is 2. The lowest BCUT2D eigenvalue weighted by molar-refractivity contribution is -0.121. The fraction of sp³-hybridized carbons (Fsp3) is 0.440. The van der Waals surface area contributed by atoms with Crippen molar-refractivity contribution in [2.24, 2.45) is 5.92 Å². The largest absolute Gasteiger partial charge is 0.382 e. The van der Waals surface area contributed by atoms with E-state index in [1.807, 2.05) is 13.8 Å². The molecule has 0 aromatic carbocycles. The Hall–Kier alpha value is -4.00. The Morgan fingerprint density at radius 1 is 1.14 bits per heavy atom. The van der Waals surface area contributed by atoms with Gasteiger partial charge in [0.15, 0.2) is 11.5 Å². The molecular weight excluding hydrogens is 444 g/mol. The molecule has 0 bridgehead atoms. The van der Waals surface area contributed by atoms with Crippen molar-refractivity contribution in [1.29, 1.82) is 5.26 Å². The SMILES string of the molecule is CNC(=O)CC1CCC(NC(=O)c2cnc(-n3ncc4cc(C#N)cnc43)cc2NC(C)C)CC1. The lowest BCUT2D eigenvalue weighted by Crippen LogP contribution is -2.38. The van der Waals surface area contributed by atoms with Crippen LogP contribution in [0, 0.1) is 17.2 Å². The van der Waals surface area contributed by atoms with E-state index in [1.165, 1.54) is 6.20 Å². The summed E-state index contributed by atoms with van der Waals surface area (Å²) in [5.41, 5.74) is 2.17. The molecule has 3 aromatic rings. The molecule has 1 aliphatic rings. The molecule has 35 heavy (non-hydrogen) atoms. The van der Waals surface area contributed by atoms with Crippen LogP contribution in [0.5, 0.6) is 0 Å². The number of hydrogen-bond acceptors (Lipinski definition) is 7. The van der Waals surface area contributed by atoms with Crippen LogP contribution < -0.4 is 16.0 Å². The van der Waals surface area contributed by atoms with Crippen molar-refractivity contribution >= 4 is 28.5 Å². The molecule has 3 N–H and O–H groups in total. The molecule has 0 saturated heterocycles. The Morgan fingerprint density at radius 3 is 2.60 bits per heavy atom. The summed E-state index contributed by atoms with van der Waals surface area (Å²) in [4.78, 5) is 33.7. The topological polar surface area (TPSA) is 138 Å². The zero-order chi connectivity index (χ0) is 24.9. The van der Waals surface area contributed by atoms with Crippen molar-refractivity contribution in [3.05, 3.63) is 41.9 Å². The van der Waals surface area contributed by atoms with Gasteiger partial charge in [-0.2, -0.15) is 15.0 Å². The minimum atomic E-state index is -0.177. The molecule has 3 aromatic heterocycles. The normalized spacial score (nSPS) is 17.7. The first-order valence-corrected chi connectivity index (χ1v) is 11.9. The van der Waals surface area contributed by atoms with Crippen molar-refractivity contribution in [1.82, 2.24) is 30.4 Å². The first-order valence-electron chi connectivity index (χ1n) is 11.9. The van der Waals surface area contributed by atoms with Gasteiger partial charge >= 0.3 is 0 Å². The predicted molar refractivity (Wildman–Crippen MR) is 132 cm³/mol. The molecule has 10 nitrogen and oxygen atoms in total. The fourth-order valence-corrected chi connectivity index (χ4v) is 4.46. The molecule has 1 saturated carbocycles. The minimum absolute atomic E-state index is 0.0683. The van der Waals surface area contributed by atoms with Gasteiger partial charge in [-0.1, -0.05) is 0 Å². The summed E-state index contributed by atoms with van der Waals surface area (Å²) in [5.74, 6) is 0.776. The Balaban J connectivity index is 1.52. The number of hydrogen-bond donors (Lipinski definition) is 3. The summed E-state index contributed by atoms with van der Waals surface area (Å²) in [6, 6.07) is 5.77. The molecule has 0 spiro atoms. The molecule has 0 radical (unpaired) electrons. The van der Waals surface area contributed by atoms with E-state index in [2.05, 4.69) is 37.1 Å². The number of fused-ring (bicyclic) bond motifs is 1.